The number of benzene rings is 1. The third-order valence-electron chi connectivity index (χ3n) is 2.97. The fourth-order valence-electron chi connectivity index (χ4n) is 1.97. The third-order valence-corrected chi connectivity index (χ3v) is 4.36. The smallest absolute Gasteiger partial charge is 0.154 e. The van der Waals surface area contributed by atoms with Gasteiger partial charge in [0.15, 0.2) is 5.75 Å². The Hall–Kier alpha value is -2.08. The molecule has 0 aliphatic rings. The standard InChI is InChI=1S/C16H13ClN2O2S/c1-10(19-20-2)15-7-13-14(8-18-9-16(13)22-15)21-12-5-3-11(17)4-6-12/h3-9,19H,1H2,2H3. The minimum absolute atomic E-state index is 0.670. The van der Waals surface area contributed by atoms with Crippen LogP contribution in [0.5, 0.6) is 11.5 Å². The molecule has 0 aliphatic carbocycles. The SMILES string of the molecule is C=C(NOC)c1cc2c(Oc3ccc(Cl)cc3)cncc2s1. The lowest BCUT2D eigenvalue weighted by Crippen LogP contribution is -2.07. The number of aromatic nitrogens is 1. The first kappa shape index (κ1) is 14.8. The second-order valence-corrected chi connectivity index (χ2v) is 6.02. The molecule has 6 heteroatoms. The maximum absolute atomic E-state index is 5.90. The summed E-state index contributed by atoms with van der Waals surface area (Å²) in [5, 5.41) is 1.65. The van der Waals surface area contributed by atoms with Crippen molar-refractivity contribution in [3.63, 3.8) is 0 Å². The summed E-state index contributed by atoms with van der Waals surface area (Å²) in [6, 6.07) is 9.21. The fraction of sp³-hybridized carbons (Fsp3) is 0.0625. The molecule has 0 unspecified atom stereocenters. The Morgan fingerprint density at radius 2 is 2.05 bits per heavy atom. The lowest BCUT2D eigenvalue weighted by Gasteiger charge is -2.06. The number of hydrogen-bond acceptors (Lipinski definition) is 5. The molecular weight excluding hydrogens is 320 g/mol. The van der Waals surface area contributed by atoms with E-state index in [2.05, 4.69) is 17.0 Å². The number of hydrogen-bond donors (Lipinski definition) is 1. The predicted octanol–water partition coefficient (Wildman–Crippen LogP) is 4.86. The maximum Gasteiger partial charge on any atom is 0.154 e. The second kappa shape index (κ2) is 6.36. The van der Waals surface area contributed by atoms with Crippen LogP contribution < -0.4 is 10.2 Å². The Balaban J connectivity index is 1.95. The summed E-state index contributed by atoms with van der Waals surface area (Å²) >= 11 is 7.45. The van der Waals surface area contributed by atoms with E-state index < -0.39 is 0 Å². The summed E-state index contributed by atoms with van der Waals surface area (Å²) in [7, 11) is 1.55. The molecule has 0 atom stereocenters. The summed E-state index contributed by atoms with van der Waals surface area (Å²) < 4.78 is 6.92. The van der Waals surface area contributed by atoms with Gasteiger partial charge in [-0.25, -0.2) is 0 Å². The number of ether oxygens (including phenoxy) is 1. The first-order chi connectivity index (χ1) is 10.7. The molecule has 2 heterocycles. The van der Waals surface area contributed by atoms with Crippen LogP contribution in [0.2, 0.25) is 5.02 Å². The van der Waals surface area contributed by atoms with Crippen LogP contribution in [-0.4, -0.2) is 12.1 Å². The van der Waals surface area contributed by atoms with Crippen LogP contribution in [0.25, 0.3) is 15.8 Å². The van der Waals surface area contributed by atoms with E-state index in [-0.39, 0.29) is 0 Å². The van der Waals surface area contributed by atoms with Crippen molar-refractivity contribution < 1.29 is 9.57 Å². The highest BCUT2D eigenvalue weighted by molar-refractivity contribution is 7.20. The number of nitrogens with one attached hydrogen (secondary N) is 1. The van der Waals surface area contributed by atoms with Crippen LogP contribution in [0.3, 0.4) is 0 Å². The molecule has 3 aromatic rings. The zero-order valence-electron chi connectivity index (χ0n) is 11.8. The van der Waals surface area contributed by atoms with Gasteiger partial charge in [-0.3, -0.25) is 15.3 Å². The Bertz CT molecular complexity index is 815. The summed E-state index contributed by atoms with van der Waals surface area (Å²) in [6.45, 7) is 3.93. The molecule has 0 bridgehead atoms. The zero-order valence-corrected chi connectivity index (χ0v) is 13.4. The van der Waals surface area contributed by atoms with E-state index in [0.717, 1.165) is 15.0 Å². The van der Waals surface area contributed by atoms with Crippen LogP contribution >= 0.6 is 22.9 Å². The number of pyridine rings is 1. The van der Waals surface area contributed by atoms with Gasteiger partial charge in [-0.05, 0) is 30.3 Å². The lowest BCUT2D eigenvalue weighted by atomic mass is 10.2. The van der Waals surface area contributed by atoms with E-state index in [1.165, 1.54) is 0 Å². The van der Waals surface area contributed by atoms with Gasteiger partial charge in [-0.15, -0.1) is 11.3 Å². The van der Waals surface area contributed by atoms with E-state index in [1.807, 2.05) is 18.2 Å². The quantitative estimate of drug-likeness (QED) is 0.677. The van der Waals surface area contributed by atoms with Gasteiger partial charge in [0.05, 0.1) is 28.6 Å². The Kier molecular flexibility index (Phi) is 4.29. The Morgan fingerprint density at radius 3 is 2.77 bits per heavy atom. The van der Waals surface area contributed by atoms with Gasteiger partial charge in [0.25, 0.3) is 0 Å². The summed E-state index contributed by atoms with van der Waals surface area (Å²) in [5.74, 6) is 1.40. The summed E-state index contributed by atoms with van der Waals surface area (Å²) in [4.78, 5) is 10.1. The Labute approximate surface area is 136 Å². The van der Waals surface area contributed by atoms with Crippen LogP contribution in [0.4, 0.5) is 0 Å². The molecule has 0 saturated carbocycles. The lowest BCUT2D eigenvalue weighted by molar-refractivity contribution is 0.137. The van der Waals surface area contributed by atoms with Crippen molar-refractivity contribution in [1.82, 2.24) is 10.5 Å². The average molecular weight is 333 g/mol. The highest BCUT2D eigenvalue weighted by Gasteiger charge is 2.10. The fourth-order valence-corrected chi connectivity index (χ4v) is 3.06. The van der Waals surface area contributed by atoms with Crippen molar-refractivity contribution in [3.05, 3.63) is 59.2 Å². The summed E-state index contributed by atoms with van der Waals surface area (Å²) in [5.41, 5.74) is 3.43. The zero-order chi connectivity index (χ0) is 15.5. The van der Waals surface area contributed by atoms with Crippen molar-refractivity contribution in [1.29, 1.82) is 0 Å². The monoisotopic (exact) mass is 332 g/mol. The highest BCUT2D eigenvalue weighted by Crippen LogP contribution is 2.36. The van der Waals surface area contributed by atoms with Gasteiger partial charge in [-0.1, -0.05) is 18.2 Å². The van der Waals surface area contributed by atoms with Crippen molar-refractivity contribution >= 4 is 38.7 Å². The van der Waals surface area contributed by atoms with Gasteiger partial charge in [-0.2, -0.15) is 0 Å². The molecule has 0 radical (unpaired) electrons. The molecular formula is C16H13ClN2O2S. The highest BCUT2D eigenvalue weighted by atomic mass is 35.5. The number of hydroxylamine groups is 1. The minimum Gasteiger partial charge on any atom is -0.455 e. The van der Waals surface area contributed by atoms with Gasteiger partial charge in [0, 0.05) is 16.6 Å². The molecule has 112 valence electrons. The summed E-state index contributed by atoms with van der Waals surface area (Å²) in [6.07, 6.45) is 3.50. The number of thiophene rings is 1. The number of rotatable bonds is 5. The van der Waals surface area contributed by atoms with Crippen LogP contribution in [0, 0.1) is 0 Å². The predicted molar refractivity (Wildman–Crippen MR) is 90.3 cm³/mol. The molecule has 0 saturated heterocycles. The molecule has 22 heavy (non-hydrogen) atoms. The average Bonchev–Trinajstić information content (AvgIpc) is 2.95. The van der Waals surface area contributed by atoms with Crippen molar-refractivity contribution in [2.45, 2.75) is 0 Å². The minimum atomic E-state index is 0.670. The van der Waals surface area contributed by atoms with E-state index in [1.54, 1.807) is 43.0 Å². The molecule has 0 amide bonds. The van der Waals surface area contributed by atoms with Crippen LogP contribution in [0.1, 0.15) is 4.88 Å². The van der Waals surface area contributed by atoms with Gasteiger partial charge in [0.2, 0.25) is 0 Å². The van der Waals surface area contributed by atoms with E-state index in [4.69, 9.17) is 21.2 Å². The van der Waals surface area contributed by atoms with Crippen molar-refractivity contribution in [2.75, 3.05) is 7.11 Å². The normalized spacial score (nSPS) is 10.6. The topological polar surface area (TPSA) is 43.4 Å². The van der Waals surface area contributed by atoms with E-state index >= 15 is 0 Å². The first-order valence-electron chi connectivity index (χ1n) is 6.46. The van der Waals surface area contributed by atoms with Crippen LogP contribution in [0.15, 0.2) is 49.3 Å². The second-order valence-electron chi connectivity index (χ2n) is 4.50. The Morgan fingerprint density at radius 1 is 1.27 bits per heavy atom. The molecule has 2 aromatic heterocycles. The van der Waals surface area contributed by atoms with Crippen molar-refractivity contribution in [2.24, 2.45) is 0 Å². The van der Waals surface area contributed by atoms with Gasteiger partial charge >= 0.3 is 0 Å². The van der Waals surface area contributed by atoms with Gasteiger partial charge in [0.1, 0.15) is 5.75 Å². The van der Waals surface area contributed by atoms with Crippen LogP contribution in [-0.2, 0) is 4.84 Å². The van der Waals surface area contributed by atoms with E-state index in [9.17, 15) is 0 Å². The molecule has 0 aliphatic heterocycles. The molecule has 3 rings (SSSR count). The number of fused-ring (bicyclic) bond motifs is 1. The molecule has 0 spiro atoms. The molecule has 1 aromatic carbocycles. The van der Waals surface area contributed by atoms with E-state index in [0.29, 0.717) is 22.2 Å². The molecule has 1 N–H and O–H groups in total. The number of halogens is 1. The van der Waals surface area contributed by atoms with Crippen molar-refractivity contribution in [3.8, 4) is 11.5 Å². The molecule has 4 nitrogen and oxygen atoms in total. The third kappa shape index (κ3) is 3.06. The molecule has 0 fully saturated rings. The van der Waals surface area contributed by atoms with Gasteiger partial charge < -0.3 is 4.74 Å². The maximum atomic E-state index is 5.90. The number of nitrogens with zero attached hydrogens (tertiary/aromatic N) is 1. The largest absolute Gasteiger partial charge is 0.455 e. The first-order valence-corrected chi connectivity index (χ1v) is 7.66.